The Bertz CT molecular complexity index is 395. The third-order valence-electron chi connectivity index (χ3n) is 1.75. The second-order valence-corrected chi connectivity index (χ2v) is 6.22. The predicted molar refractivity (Wildman–Crippen MR) is 69.0 cm³/mol. The van der Waals surface area contributed by atoms with E-state index in [1.165, 1.54) is 0 Å². The fourth-order valence-electron chi connectivity index (χ4n) is 1.09. The van der Waals surface area contributed by atoms with Gasteiger partial charge in [0.2, 0.25) is 0 Å². The molecular weight excluding hydrogens is 323 g/mol. The van der Waals surface area contributed by atoms with Gasteiger partial charge in [0, 0.05) is 14.2 Å². The van der Waals surface area contributed by atoms with E-state index in [4.69, 9.17) is 23.2 Å². The highest BCUT2D eigenvalue weighted by Crippen LogP contribution is 2.42. The van der Waals surface area contributed by atoms with Crippen molar-refractivity contribution >= 4 is 61.8 Å². The molecule has 2 aromatic rings. The number of hydrogen-bond acceptors (Lipinski definition) is 2. The van der Waals surface area contributed by atoms with Crippen molar-refractivity contribution in [3.63, 3.8) is 0 Å². The molecule has 74 valence electrons. The van der Waals surface area contributed by atoms with Crippen molar-refractivity contribution in [2.24, 2.45) is 0 Å². The lowest BCUT2D eigenvalue weighted by Crippen LogP contribution is -1.87. The van der Waals surface area contributed by atoms with Gasteiger partial charge < -0.3 is 0 Å². The van der Waals surface area contributed by atoms with E-state index >= 15 is 0 Å². The quantitative estimate of drug-likeness (QED) is 0.634. The molecule has 5 heteroatoms. The lowest BCUT2D eigenvalue weighted by Gasteiger charge is -2.06. The van der Waals surface area contributed by atoms with E-state index in [-0.39, 0.29) is 5.38 Å². The molecule has 0 N–H and O–H groups in total. The summed E-state index contributed by atoms with van der Waals surface area (Å²) in [6.45, 7) is 0. The van der Waals surface area contributed by atoms with E-state index in [1.54, 1.807) is 22.7 Å². The second-order valence-electron chi connectivity index (χ2n) is 2.63. The highest BCUT2D eigenvalue weighted by molar-refractivity contribution is 9.10. The van der Waals surface area contributed by atoms with Gasteiger partial charge in [-0.2, -0.15) is 0 Å². The Labute approximate surface area is 109 Å². The first-order chi connectivity index (χ1) is 6.70. The summed E-state index contributed by atoms with van der Waals surface area (Å²) in [5.41, 5.74) is 0. The standard InChI is InChI=1S/C9H5BrCl2S2/c10-5-1-3-13-8(5)7(12)9-6(11)2-4-14-9/h1-4,7H. The van der Waals surface area contributed by atoms with Gasteiger partial charge in [-0.1, -0.05) is 11.6 Å². The van der Waals surface area contributed by atoms with Gasteiger partial charge in [0.25, 0.3) is 0 Å². The van der Waals surface area contributed by atoms with E-state index in [0.717, 1.165) is 19.2 Å². The molecule has 14 heavy (non-hydrogen) atoms. The monoisotopic (exact) mass is 326 g/mol. The van der Waals surface area contributed by atoms with Crippen molar-refractivity contribution in [2.45, 2.75) is 5.38 Å². The normalized spacial score (nSPS) is 13.1. The summed E-state index contributed by atoms with van der Waals surface area (Å²) in [7, 11) is 0. The molecule has 0 saturated heterocycles. The average Bonchev–Trinajstić information content (AvgIpc) is 2.73. The van der Waals surface area contributed by atoms with Crippen molar-refractivity contribution in [2.75, 3.05) is 0 Å². The van der Waals surface area contributed by atoms with E-state index in [9.17, 15) is 0 Å². The van der Waals surface area contributed by atoms with Crippen LogP contribution in [0, 0.1) is 0 Å². The van der Waals surface area contributed by atoms with Crippen molar-refractivity contribution in [1.29, 1.82) is 0 Å². The molecule has 0 saturated carbocycles. The van der Waals surface area contributed by atoms with E-state index < -0.39 is 0 Å². The van der Waals surface area contributed by atoms with Gasteiger partial charge in [-0.05, 0) is 38.8 Å². The van der Waals surface area contributed by atoms with E-state index in [2.05, 4.69) is 15.9 Å². The van der Waals surface area contributed by atoms with E-state index in [1.807, 2.05) is 22.9 Å². The number of alkyl halides is 1. The van der Waals surface area contributed by atoms with Crippen LogP contribution < -0.4 is 0 Å². The Morgan fingerprint density at radius 3 is 2.29 bits per heavy atom. The van der Waals surface area contributed by atoms with Crippen LogP contribution in [0.5, 0.6) is 0 Å². The van der Waals surface area contributed by atoms with Crippen LogP contribution in [-0.4, -0.2) is 0 Å². The highest BCUT2D eigenvalue weighted by atomic mass is 79.9. The summed E-state index contributed by atoms with van der Waals surface area (Å²) in [6, 6.07) is 3.87. The highest BCUT2D eigenvalue weighted by Gasteiger charge is 2.18. The summed E-state index contributed by atoms with van der Waals surface area (Å²) in [6.07, 6.45) is 0. The van der Waals surface area contributed by atoms with Crippen molar-refractivity contribution in [3.8, 4) is 0 Å². The van der Waals surface area contributed by atoms with Crippen molar-refractivity contribution in [1.82, 2.24) is 0 Å². The number of hydrogen-bond donors (Lipinski definition) is 0. The topological polar surface area (TPSA) is 0 Å². The lowest BCUT2D eigenvalue weighted by molar-refractivity contribution is 1.23. The van der Waals surface area contributed by atoms with Gasteiger partial charge >= 0.3 is 0 Å². The third-order valence-corrected chi connectivity index (χ3v) is 5.80. The molecule has 1 atom stereocenters. The van der Waals surface area contributed by atoms with Gasteiger partial charge in [0.1, 0.15) is 5.38 Å². The van der Waals surface area contributed by atoms with Crippen molar-refractivity contribution in [3.05, 3.63) is 42.1 Å². The Balaban J connectivity index is 2.38. The zero-order chi connectivity index (χ0) is 10.1. The molecule has 0 aliphatic heterocycles. The van der Waals surface area contributed by atoms with Crippen LogP contribution in [0.25, 0.3) is 0 Å². The molecule has 1 unspecified atom stereocenters. The Morgan fingerprint density at radius 2 is 1.79 bits per heavy atom. The minimum atomic E-state index is -0.142. The fraction of sp³-hybridized carbons (Fsp3) is 0.111. The number of halogens is 3. The molecule has 0 amide bonds. The zero-order valence-electron chi connectivity index (χ0n) is 6.84. The first kappa shape index (κ1) is 11.0. The Kier molecular flexibility index (Phi) is 3.55. The maximum absolute atomic E-state index is 6.33. The maximum atomic E-state index is 6.33. The molecule has 0 fully saturated rings. The van der Waals surface area contributed by atoms with Crippen LogP contribution in [0.15, 0.2) is 27.4 Å². The molecule has 0 nitrogen and oxygen atoms in total. The second kappa shape index (κ2) is 4.54. The molecule has 2 aromatic heterocycles. The molecule has 0 radical (unpaired) electrons. The van der Waals surface area contributed by atoms with Gasteiger partial charge in [0.15, 0.2) is 0 Å². The number of rotatable bonds is 2. The lowest BCUT2D eigenvalue weighted by atomic mass is 10.3. The van der Waals surface area contributed by atoms with Crippen LogP contribution >= 0.6 is 61.8 Å². The van der Waals surface area contributed by atoms with Crippen LogP contribution in [0.1, 0.15) is 15.1 Å². The predicted octanol–water partition coefficient (Wildman–Crippen LogP) is 5.55. The fourth-order valence-corrected chi connectivity index (χ4v) is 4.63. The Hall–Kier alpha value is 0.460. The molecule has 2 rings (SSSR count). The van der Waals surface area contributed by atoms with E-state index in [0.29, 0.717) is 0 Å². The zero-order valence-corrected chi connectivity index (χ0v) is 11.6. The Morgan fingerprint density at radius 1 is 1.14 bits per heavy atom. The SMILES string of the molecule is Clc1ccsc1C(Cl)c1sccc1Br. The summed E-state index contributed by atoms with van der Waals surface area (Å²) >= 11 is 19.0. The van der Waals surface area contributed by atoms with Gasteiger partial charge in [-0.3, -0.25) is 0 Å². The summed E-state index contributed by atoms with van der Waals surface area (Å²) in [5, 5.41) is 4.57. The largest absolute Gasteiger partial charge is 0.146 e. The summed E-state index contributed by atoms with van der Waals surface area (Å²) in [5.74, 6) is 0. The third kappa shape index (κ3) is 2.02. The van der Waals surface area contributed by atoms with Gasteiger partial charge in [0.05, 0.1) is 5.02 Å². The van der Waals surface area contributed by atoms with Gasteiger partial charge in [-0.25, -0.2) is 0 Å². The first-order valence-electron chi connectivity index (χ1n) is 3.80. The molecule has 0 aliphatic rings. The number of thiophene rings is 2. The van der Waals surface area contributed by atoms with Crippen LogP contribution in [0.2, 0.25) is 5.02 Å². The van der Waals surface area contributed by atoms with Crippen LogP contribution in [0.4, 0.5) is 0 Å². The molecule has 2 heterocycles. The van der Waals surface area contributed by atoms with Crippen molar-refractivity contribution < 1.29 is 0 Å². The maximum Gasteiger partial charge on any atom is 0.105 e. The minimum absolute atomic E-state index is 0.142. The summed E-state index contributed by atoms with van der Waals surface area (Å²) < 4.78 is 1.05. The smallest absolute Gasteiger partial charge is 0.105 e. The summed E-state index contributed by atoms with van der Waals surface area (Å²) in [4.78, 5) is 2.12. The molecule has 0 spiro atoms. The average molecular weight is 328 g/mol. The first-order valence-corrected chi connectivity index (χ1v) is 7.16. The van der Waals surface area contributed by atoms with Gasteiger partial charge in [-0.15, -0.1) is 34.3 Å². The molecule has 0 aromatic carbocycles. The molecular formula is C9H5BrCl2S2. The molecule has 0 bridgehead atoms. The molecule has 0 aliphatic carbocycles. The van der Waals surface area contributed by atoms with Crippen LogP contribution in [-0.2, 0) is 0 Å². The minimum Gasteiger partial charge on any atom is -0.146 e. The van der Waals surface area contributed by atoms with Crippen LogP contribution in [0.3, 0.4) is 0 Å².